The quantitative estimate of drug-likeness (QED) is 0.349. The Hall–Kier alpha value is -4.73. The number of ether oxygens (including phenoxy) is 2. The molecule has 0 bridgehead atoms. The third kappa shape index (κ3) is 4.70. The van der Waals surface area contributed by atoms with Crippen LogP contribution in [0.4, 0.5) is 11.4 Å². The van der Waals surface area contributed by atoms with E-state index >= 15 is 0 Å². The molecule has 1 aliphatic rings. The second kappa shape index (κ2) is 8.96. The summed E-state index contributed by atoms with van der Waals surface area (Å²) in [6.07, 6.45) is 1.48. The van der Waals surface area contributed by atoms with Gasteiger partial charge in [-0.3, -0.25) is 19.7 Å². The fraction of sp³-hybridized carbons (Fsp3) is 0.0455. The average Bonchev–Trinajstić information content (AvgIpc) is 3.27. The summed E-state index contributed by atoms with van der Waals surface area (Å²) in [6.45, 7) is 0.175. The van der Waals surface area contributed by atoms with Crippen LogP contribution in [0.3, 0.4) is 0 Å². The zero-order chi connectivity index (χ0) is 22.5. The smallest absolute Gasteiger partial charge is 0.271 e. The number of amides is 2. The number of nitrogens with zero attached hydrogens (tertiary/aromatic N) is 2. The first-order valence-corrected chi connectivity index (χ1v) is 9.38. The zero-order valence-corrected chi connectivity index (χ0v) is 16.5. The predicted molar refractivity (Wildman–Crippen MR) is 115 cm³/mol. The minimum atomic E-state index is -0.570. The number of carbonyl (C=O) groups is 2. The minimum absolute atomic E-state index is 0.152. The molecule has 0 aromatic heterocycles. The van der Waals surface area contributed by atoms with Gasteiger partial charge in [0.2, 0.25) is 6.79 Å². The Balaban J connectivity index is 1.34. The number of fused-ring (bicyclic) bond motifs is 1. The lowest BCUT2D eigenvalue weighted by Crippen LogP contribution is -2.18. The first kappa shape index (κ1) is 20.5. The molecule has 0 fully saturated rings. The van der Waals surface area contributed by atoms with Crippen molar-refractivity contribution < 1.29 is 24.0 Å². The van der Waals surface area contributed by atoms with E-state index in [0.29, 0.717) is 22.7 Å². The topological polar surface area (TPSA) is 132 Å². The first-order chi connectivity index (χ1) is 15.5. The van der Waals surface area contributed by atoms with Gasteiger partial charge in [0.05, 0.1) is 11.1 Å². The van der Waals surface area contributed by atoms with Gasteiger partial charge in [0.15, 0.2) is 11.5 Å². The molecule has 2 N–H and O–H groups in total. The van der Waals surface area contributed by atoms with Gasteiger partial charge in [-0.05, 0) is 54.1 Å². The van der Waals surface area contributed by atoms with Crippen LogP contribution in [-0.2, 0) is 0 Å². The minimum Gasteiger partial charge on any atom is -0.454 e. The fourth-order valence-electron chi connectivity index (χ4n) is 2.89. The van der Waals surface area contributed by atoms with Crippen LogP contribution in [0.15, 0.2) is 71.8 Å². The summed E-state index contributed by atoms with van der Waals surface area (Å²) >= 11 is 0. The molecule has 10 heteroatoms. The van der Waals surface area contributed by atoms with Gasteiger partial charge in [-0.1, -0.05) is 6.07 Å². The van der Waals surface area contributed by atoms with E-state index in [2.05, 4.69) is 15.8 Å². The number of nitrogens with one attached hydrogen (secondary N) is 2. The van der Waals surface area contributed by atoms with E-state index in [0.717, 1.165) is 5.56 Å². The molecular formula is C22H16N4O6. The fourth-order valence-corrected chi connectivity index (χ4v) is 2.89. The Kier molecular flexibility index (Phi) is 5.75. The van der Waals surface area contributed by atoms with Crippen molar-refractivity contribution in [3.05, 3.63) is 93.5 Å². The van der Waals surface area contributed by atoms with Gasteiger partial charge in [-0.15, -0.1) is 0 Å². The summed E-state index contributed by atoms with van der Waals surface area (Å²) in [5, 5.41) is 17.4. The van der Waals surface area contributed by atoms with Crippen molar-refractivity contribution >= 4 is 29.4 Å². The molecule has 3 aromatic carbocycles. The highest BCUT2D eigenvalue weighted by Crippen LogP contribution is 2.31. The van der Waals surface area contributed by atoms with Crippen LogP contribution in [0, 0.1) is 10.1 Å². The number of nitro groups is 1. The van der Waals surface area contributed by atoms with Gasteiger partial charge in [0, 0.05) is 28.9 Å². The summed E-state index contributed by atoms with van der Waals surface area (Å²) in [5.74, 6) is 0.338. The van der Waals surface area contributed by atoms with Gasteiger partial charge < -0.3 is 14.8 Å². The number of non-ortho nitro benzene ring substituents is 1. The molecule has 1 heterocycles. The number of hydrazone groups is 1. The number of anilines is 1. The maximum atomic E-state index is 12.3. The predicted octanol–water partition coefficient (Wildman–Crippen LogP) is 3.34. The van der Waals surface area contributed by atoms with Crippen LogP contribution in [0.2, 0.25) is 0 Å². The molecule has 0 radical (unpaired) electrons. The molecule has 160 valence electrons. The SMILES string of the molecule is O=C(NN=Cc1ccc2c(c1)OCO2)c1ccc(NC(=O)c2cccc([N+](=O)[O-])c2)cc1. The van der Waals surface area contributed by atoms with Crippen molar-refractivity contribution in [2.75, 3.05) is 12.1 Å². The Bertz CT molecular complexity index is 1220. The maximum absolute atomic E-state index is 12.3. The summed E-state index contributed by atoms with van der Waals surface area (Å²) < 4.78 is 10.5. The molecule has 32 heavy (non-hydrogen) atoms. The molecule has 10 nitrogen and oxygen atoms in total. The standard InChI is InChI=1S/C22H16N4O6/c27-21(16-2-1-3-18(11-16)26(29)30)24-17-7-5-15(6-8-17)22(28)25-23-12-14-4-9-19-20(10-14)32-13-31-19/h1-12H,13H2,(H,24,27)(H,25,28). The van der Waals surface area contributed by atoms with E-state index in [4.69, 9.17) is 9.47 Å². The number of nitro benzene ring substituents is 1. The molecule has 0 aliphatic carbocycles. The zero-order valence-electron chi connectivity index (χ0n) is 16.5. The van der Waals surface area contributed by atoms with Crippen LogP contribution >= 0.6 is 0 Å². The third-order valence-electron chi connectivity index (χ3n) is 4.50. The summed E-state index contributed by atoms with van der Waals surface area (Å²) in [6, 6.07) is 16.8. The van der Waals surface area contributed by atoms with Crippen LogP contribution in [0.5, 0.6) is 11.5 Å². The van der Waals surface area contributed by atoms with E-state index in [-0.39, 0.29) is 18.0 Å². The van der Waals surface area contributed by atoms with Crippen molar-refractivity contribution in [3.63, 3.8) is 0 Å². The number of rotatable bonds is 6. The molecule has 0 unspecified atom stereocenters. The highest BCUT2D eigenvalue weighted by atomic mass is 16.7. The molecular weight excluding hydrogens is 416 g/mol. The van der Waals surface area contributed by atoms with Gasteiger partial charge in [0.25, 0.3) is 17.5 Å². The van der Waals surface area contributed by atoms with E-state index < -0.39 is 16.7 Å². The van der Waals surface area contributed by atoms with E-state index in [1.54, 1.807) is 30.3 Å². The molecule has 0 spiro atoms. The normalized spacial score (nSPS) is 11.9. The Morgan fingerprint density at radius 1 is 0.938 bits per heavy atom. The molecule has 0 saturated carbocycles. The summed E-state index contributed by atoms with van der Waals surface area (Å²) in [5.41, 5.74) is 3.90. The third-order valence-corrected chi connectivity index (χ3v) is 4.50. The largest absolute Gasteiger partial charge is 0.454 e. The molecule has 1 aliphatic heterocycles. The lowest BCUT2D eigenvalue weighted by atomic mass is 10.1. The van der Waals surface area contributed by atoms with Crippen molar-refractivity contribution in [3.8, 4) is 11.5 Å². The van der Waals surface area contributed by atoms with Gasteiger partial charge in [-0.2, -0.15) is 5.10 Å². The highest BCUT2D eigenvalue weighted by Gasteiger charge is 2.13. The monoisotopic (exact) mass is 432 g/mol. The van der Waals surface area contributed by atoms with Gasteiger partial charge in [0.1, 0.15) is 0 Å². The Labute approximate surface area is 181 Å². The van der Waals surface area contributed by atoms with E-state index in [1.165, 1.54) is 42.6 Å². The average molecular weight is 432 g/mol. The first-order valence-electron chi connectivity index (χ1n) is 9.38. The molecule has 0 saturated heterocycles. The molecule has 4 rings (SSSR count). The number of benzene rings is 3. The second-order valence-electron chi connectivity index (χ2n) is 6.65. The second-order valence-corrected chi connectivity index (χ2v) is 6.65. The van der Waals surface area contributed by atoms with Gasteiger partial charge in [-0.25, -0.2) is 5.43 Å². The highest BCUT2D eigenvalue weighted by molar-refractivity contribution is 6.05. The van der Waals surface area contributed by atoms with Crippen molar-refractivity contribution in [1.29, 1.82) is 0 Å². The Morgan fingerprint density at radius 3 is 2.50 bits per heavy atom. The lowest BCUT2D eigenvalue weighted by molar-refractivity contribution is -0.384. The number of hydrogen-bond donors (Lipinski definition) is 2. The van der Waals surface area contributed by atoms with Crippen molar-refractivity contribution in [2.24, 2.45) is 5.10 Å². The van der Waals surface area contributed by atoms with Crippen LogP contribution < -0.4 is 20.2 Å². The Morgan fingerprint density at radius 2 is 1.72 bits per heavy atom. The summed E-state index contributed by atoms with van der Waals surface area (Å²) in [7, 11) is 0. The number of carbonyl (C=O) groups excluding carboxylic acids is 2. The summed E-state index contributed by atoms with van der Waals surface area (Å²) in [4.78, 5) is 34.8. The molecule has 0 atom stereocenters. The van der Waals surface area contributed by atoms with Crippen molar-refractivity contribution in [2.45, 2.75) is 0 Å². The van der Waals surface area contributed by atoms with Crippen LogP contribution in [0.25, 0.3) is 0 Å². The van der Waals surface area contributed by atoms with Crippen molar-refractivity contribution in [1.82, 2.24) is 5.43 Å². The number of hydrogen-bond acceptors (Lipinski definition) is 7. The van der Waals surface area contributed by atoms with Crippen LogP contribution in [0.1, 0.15) is 26.3 Å². The maximum Gasteiger partial charge on any atom is 0.271 e. The van der Waals surface area contributed by atoms with Gasteiger partial charge >= 0.3 is 0 Å². The van der Waals surface area contributed by atoms with E-state index in [1.807, 2.05) is 0 Å². The van der Waals surface area contributed by atoms with Crippen LogP contribution in [-0.4, -0.2) is 29.7 Å². The van der Waals surface area contributed by atoms with E-state index in [9.17, 15) is 19.7 Å². The molecule has 2 amide bonds. The molecule has 3 aromatic rings. The lowest BCUT2D eigenvalue weighted by Gasteiger charge is -2.06.